The number of hydrogen-bond acceptors (Lipinski definition) is 0. The van der Waals surface area contributed by atoms with Crippen LogP contribution in [-0.4, -0.2) is 0 Å². The van der Waals surface area contributed by atoms with Gasteiger partial charge < -0.3 is 0 Å². The summed E-state index contributed by atoms with van der Waals surface area (Å²) in [4.78, 5) is 0. The largest absolute Gasteiger partial charge is 0.0651 e. The molecule has 0 atom stereocenters. The number of hydrogen-bond donors (Lipinski definition) is 0. The second kappa shape index (κ2) is 2.25. The van der Waals surface area contributed by atoms with E-state index in [4.69, 9.17) is 1.37 Å². The van der Waals surface area contributed by atoms with Crippen molar-refractivity contribution in [2.45, 2.75) is 27.2 Å². The smallest absolute Gasteiger partial charge is 0.0230 e. The molecule has 0 saturated heterocycles. The summed E-state index contributed by atoms with van der Waals surface area (Å²) in [6.07, 6.45) is 1.04. The molecular formula is C5H12. The van der Waals surface area contributed by atoms with Gasteiger partial charge in [-0.1, -0.05) is 27.2 Å². The number of rotatable bonds is 1. The van der Waals surface area contributed by atoms with Crippen molar-refractivity contribution in [3.05, 3.63) is 0 Å². The highest BCUT2D eigenvalue weighted by Crippen LogP contribution is 1.93. The Kier molecular flexibility index (Phi) is 1.44. The third-order valence-corrected chi connectivity index (χ3v) is 0.577. The quantitative estimate of drug-likeness (QED) is 0.446. The van der Waals surface area contributed by atoms with E-state index < -0.39 is 0 Å². The van der Waals surface area contributed by atoms with E-state index in [0.29, 0.717) is 12.8 Å². The summed E-state index contributed by atoms with van der Waals surface area (Å²) in [6, 6.07) is 0. The lowest BCUT2D eigenvalue weighted by Crippen LogP contribution is -1.77. The Morgan fingerprint density at radius 3 is 2.40 bits per heavy atom. The van der Waals surface area contributed by atoms with Crippen molar-refractivity contribution in [2.24, 2.45) is 5.92 Å². The maximum absolute atomic E-state index is 6.73. The van der Waals surface area contributed by atoms with Crippen LogP contribution < -0.4 is 0 Å². The van der Waals surface area contributed by atoms with Crippen molar-refractivity contribution in [3.63, 3.8) is 0 Å². The lowest BCUT2D eigenvalue weighted by molar-refractivity contribution is 0.626. The topological polar surface area (TPSA) is 0 Å². The minimum Gasteiger partial charge on any atom is -0.0651 e. The van der Waals surface area contributed by atoms with E-state index in [9.17, 15) is 0 Å². The Morgan fingerprint density at radius 1 is 1.80 bits per heavy atom. The molecule has 0 N–H and O–H groups in total. The van der Waals surface area contributed by atoms with Gasteiger partial charge in [-0.15, -0.1) is 0 Å². The van der Waals surface area contributed by atoms with Crippen molar-refractivity contribution in [1.29, 1.82) is 0 Å². The first-order valence-corrected chi connectivity index (χ1v) is 2.06. The van der Waals surface area contributed by atoms with Crippen LogP contribution >= 0.6 is 0 Å². The maximum Gasteiger partial charge on any atom is 0.0230 e. The van der Waals surface area contributed by atoms with Gasteiger partial charge in [0.25, 0.3) is 0 Å². The summed E-state index contributed by atoms with van der Waals surface area (Å²) < 4.78 is 6.73. The minimum absolute atomic E-state index is 0.581. The van der Waals surface area contributed by atoms with Gasteiger partial charge in [0.05, 0.1) is 0 Å². The van der Waals surface area contributed by atoms with Crippen LogP contribution in [0.5, 0.6) is 0 Å². The predicted molar refractivity (Wildman–Crippen MR) is 25.1 cm³/mol. The molecule has 0 radical (unpaired) electrons. The molecule has 0 amide bonds. The van der Waals surface area contributed by atoms with Crippen LogP contribution in [0.4, 0.5) is 0 Å². The first-order chi connectivity index (χ1) is 2.77. The van der Waals surface area contributed by atoms with Crippen molar-refractivity contribution in [3.8, 4) is 0 Å². The zero-order valence-corrected chi connectivity index (χ0v) is 3.99. The Balaban J connectivity index is 2.63. The van der Waals surface area contributed by atoms with Crippen LogP contribution in [0.2, 0.25) is 0 Å². The standard InChI is InChI=1S/C5H12/c1-4-5(2)3/h5H,4H2,1-3H3/i1T. The first-order valence-electron chi connectivity index (χ1n) is 2.77. The Bertz CT molecular complexity index is 25.1. The van der Waals surface area contributed by atoms with Crippen LogP contribution in [0.3, 0.4) is 0 Å². The van der Waals surface area contributed by atoms with E-state index in [-0.39, 0.29) is 0 Å². The molecule has 0 nitrogen and oxygen atoms in total. The van der Waals surface area contributed by atoms with E-state index in [1.807, 2.05) is 0 Å². The minimum atomic E-state index is 0.581. The SMILES string of the molecule is [3H]CCC(C)C. The Morgan fingerprint density at radius 2 is 2.40 bits per heavy atom. The van der Waals surface area contributed by atoms with Crippen LogP contribution in [0.25, 0.3) is 0 Å². The molecule has 0 aromatic carbocycles. The molecule has 0 aromatic heterocycles. The van der Waals surface area contributed by atoms with E-state index in [1.54, 1.807) is 0 Å². The second-order valence-electron chi connectivity index (χ2n) is 1.68. The van der Waals surface area contributed by atoms with Gasteiger partial charge in [0.1, 0.15) is 0 Å². The predicted octanol–water partition coefficient (Wildman–Crippen LogP) is 2.05. The summed E-state index contributed by atoms with van der Waals surface area (Å²) in [5, 5.41) is 0. The summed E-state index contributed by atoms with van der Waals surface area (Å²) in [6.45, 7) is 4.85. The summed E-state index contributed by atoms with van der Waals surface area (Å²) in [5.74, 6) is 0.711. The fourth-order valence-electron chi connectivity index (χ4n) is 0. The molecule has 0 fully saturated rings. The molecule has 32 valence electrons. The van der Waals surface area contributed by atoms with Gasteiger partial charge in [0.15, 0.2) is 0 Å². The van der Waals surface area contributed by atoms with Crippen molar-refractivity contribution in [2.75, 3.05) is 0 Å². The highest BCUT2D eigenvalue weighted by molar-refractivity contribution is 4.32. The fraction of sp³-hybridized carbons (Fsp3) is 1.00. The Labute approximate surface area is 35.6 Å². The van der Waals surface area contributed by atoms with E-state index >= 15 is 0 Å². The van der Waals surface area contributed by atoms with Crippen LogP contribution in [0, 0.1) is 5.92 Å². The lowest BCUT2D eigenvalue weighted by atomic mass is 10.2. The summed E-state index contributed by atoms with van der Waals surface area (Å²) in [5.41, 5.74) is 0. The van der Waals surface area contributed by atoms with Crippen molar-refractivity contribution < 1.29 is 1.37 Å². The van der Waals surface area contributed by atoms with Crippen LogP contribution in [0.1, 0.15) is 28.5 Å². The van der Waals surface area contributed by atoms with Crippen molar-refractivity contribution >= 4 is 0 Å². The van der Waals surface area contributed by atoms with E-state index in [0.717, 1.165) is 6.42 Å². The molecule has 0 aliphatic heterocycles. The van der Waals surface area contributed by atoms with Crippen LogP contribution in [-0.2, 0) is 0 Å². The summed E-state index contributed by atoms with van der Waals surface area (Å²) in [7, 11) is 0. The average molecular weight is 74.2 g/mol. The highest BCUT2D eigenvalue weighted by Gasteiger charge is 1.80. The molecule has 0 heterocycles. The maximum atomic E-state index is 6.73. The molecule has 0 spiro atoms. The summed E-state index contributed by atoms with van der Waals surface area (Å²) >= 11 is 0. The third kappa shape index (κ3) is 4.00. The molecule has 5 heavy (non-hydrogen) atoms. The van der Waals surface area contributed by atoms with E-state index in [1.165, 1.54) is 0 Å². The first kappa shape index (κ1) is 3.20. The third-order valence-electron chi connectivity index (χ3n) is 0.577. The zero-order chi connectivity index (χ0) is 4.99. The fourth-order valence-corrected chi connectivity index (χ4v) is 0. The van der Waals surface area contributed by atoms with Crippen LogP contribution in [0.15, 0.2) is 0 Å². The molecule has 0 aliphatic carbocycles. The van der Waals surface area contributed by atoms with Gasteiger partial charge in [-0.2, -0.15) is 0 Å². The molecule has 0 saturated carbocycles. The molecular weight excluding hydrogens is 60.1 g/mol. The van der Waals surface area contributed by atoms with Crippen molar-refractivity contribution in [1.82, 2.24) is 0 Å². The highest BCUT2D eigenvalue weighted by atomic mass is 13.9. The lowest BCUT2D eigenvalue weighted by Gasteiger charge is -1.90. The molecule has 0 heteroatoms. The van der Waals surface area contributed by atoms with Gasteiger partial charge >= 0.3 is 0 Å². The molecule has 0 aliphatic rings. The monoisotopic (exact) mass is 74.1 g/mol. The second-order valence-corrected chi connectivity index (χ2v) is 1.68. The normalized spacial score (nSPS) is 12.2. The van der Waals surface area contributed by atoms with Gasteiger partial charge in [0.2, 0.25) is 0 Å². The average Bonchev–Trinajstić information content (AvgIpc) is 1.35. The van der Waals surface area contributed by atoms with Gasteiger partial charge in [0, 0.05) is 1.37 Å². The molecule has 0 bridgehead atoms. The molecule has 0 rings (SSSR count). The molecule has 0 unspecified atom stereocenters. The van der Waals surface area contributed by atoms with Gasteiger partial charge in [-0.3, -0.25) is 0 Å². The van der Waals surface area contributed by atoms with E-state index in [2.05, 4.69) is 13.8 Å². The Hall–Kier alpha value is 0. The molecule has 0 aromatic rings. The zero-order valence-electron chi connectivity index (χ0n) is 4.99. The van der Waals surface area contributed by atoms with Gasteiger partial charge in [-0.25, -0.2) is 0 Å². The van der Waals surface area contributed by atoms with Gasteiger partial charge in [-0.05, 0) is 5.92 Å².